The first-order chi connectivity index (χ1) is 19.5. The van der Waals surface area contributed by atoms with Gasteiger partial charge in [-0.15, -0.1) is 0 Å². The summed E-state index contributed by atoms with van der Waals surface area (Å²) in [6.07, 6.45) is 0. The summed E-state index contributed by atoms with van der Waals surface area (Å²) in [5.41, 5.74) is 2.89. The van der Waals surface area contributed by atoms with E-state index < -0.39 is 0 Å². The van der Waals surface area contributed by atoms with E-state index >= 15 is 0 Å². The van der Waals surface area contributed by atoms with Crippen LogP contribution in [0.25, 0.3) is 43.8 Å². The number of ketones is 1. The molecule has 0 aliphatic carbocycles. The number of aromatic hydroxyl groups is 2. The highest BCUT2D eigenvalue weighted by Gasteiger charge is 2.23. The van der Waals surface area contributed by atoms with E-state index in [1.165, 1.54) is 0 Å². The SMILES string of the molecule is COc1ccc(C(=O)c2ccc(OC)cc2-c2ccc3ccccc3c2O)c(-c2ccc3ccccc3c2O)c1. The number of rotatable bonds is 6. The molecule has 0 aliphatic heterocycles. The zero-order valence-electron chi connectivity index (χ0n) is 22.0. The van der Waals surface area contributed by atoms with Gasteiger partial charge in [0, 0.05) is 44.2 Å². The molecule has 5 heteroatoms. The van der Waals surface area contributed by atoms with Crippen LogP contribution in [0.4, 0.5) is 0 Å². The zero-order valence-corrected chi connectivity index (χ0v) is 22.0. The number of hydrogen-bond donors (Lipinski definition) is 2. The molecule has 0 radical (unpaired) electrons. The Kier molecular flexibility index (Phi) is 6.33. The van der Waals surface area contributed by atoms with Crippen LogP contribution < -0.4 is 9.47 Å². The summed E-state index contributed by atoms with van der Waals surface area (Å²) in [6, 6.07) is 33.0. The maximum absolute atomic E-state index is 14.3. The van der Waals surface area contributed by atoms with Gasteiger partial charge in [0.15, 0.2) is 5.78 Å². The van der Waals surface area contributed by atoms with Gasteiger partial charge < -0.3 is 19.7 Å². The third-order valence-corrected chi connectivity index (χ3v) is 7.32. The molecular weight excluding hydrogens is 500 g/mol. The Morgan fingerprint density at radius 2 is 0.950 bits per heavy atom. The van der Waals surface area contributed by atoms with Crippen LogP contribution >= 0.6 is 0 Å². The lowest BCUT2D eigenvalue weighted by atomic mass is 9.88. The van der Waals surface area contributed by atoms with E-state index in [0.717, 1.165) is 10.8 Å². The zero-order chi connectivity index (χ0) is 27.8. The summed E-state index contributed by atoms with van der Waals surface area (Å²) in [5, 5.41) is 25.7. The van der Waals surface area contributed by atoms with Crippen LogP contribution in [0, 0.1) is 0 Å². The number of ether oxygens (including phenoxy) is 2. The number of phenolic OH excluding ortho intramolecular Hbond substituents is 2. The maximum Gasteiger partial charge on any atom is 0.194 e. The number of methoxy groups -OCH3 is 2. The van der Waals surface area contributed by atoms with E-state index in [9.17, 15) is 15.0 Å². The standard InChI is InChI=1S/C35H26O5/c1-39-23-13-17-29(31(19-23)27-15-11-21-7-3-5-9-25(21)33(27)36)35(38)30-18-14-24(40-2)20-32(30)28-16-12-22-8-4-6-10-26(22)34(28)37/h3-20,36-37H,1-2H3. The summed E-state index contributed by atoms with van der Waals surface area (Å²) in [5.74, 6) is 1.02. The molecule has 0 aliphatic rings. The normalized spacial score (nSPS) is 11.1. The Morgan fingerprint density at radius 1 is 0.525 bits per heavy atom. The summed E-state index contributed by atoms with van der Waals surface area (Å²) < 4.78 is 11.0. The Bertz CT molecular complexity index is 1780. The molecule has 6 aromatic carbocycles. The van der Waals surface area contributed by atoms with Gasteiger partial charge in [0.1, 0.15) is 23.0 Å². The van der Waals surface area contributed by atoms with Gasteiger partial charge in [-0.25, -0.2) is 0 Å². The van der Waals surface area contributed by atoms with Crippen molar-refractivity contribution in [2.45, 2.75) is 0 Å². The lowest BCUT2D eigenvalue weighted by Gasteiger charge is -2.17. The van der Waals surface area contributed by atoms with Gasteiger partial charge in [0.2, 0.25) is 0 Å². The second-order valence-electron chi connectivity index (χ2n) is 9.52. The van der Waals surface area contributed by atoms with Crippen LogP contribution in [-0.4, -0.2) is 30.2 Å². The van der Waals surface area contributed by atoms with E-state index in [1.807, 2.05) is 72.8 Å². The first kappa shape index (κ1) is 25.0. The Hall–Kier alpha value is -5.29. The van der Waals surface area contributed by atoms with Gasteiger partial charge >= 0.3 is 0 Å². The van der Waals surface area contributed by atoms with Gasteiger partial charge in [0.25, 0.3) is 0 Å². The summed E-state index contributed by atoms with van der Waals surface area (Å²) in [6.45, 7) is 0. The molecule has 0 aromatic heterocycles. The molecule has 0 saturated carbocycles. The molecule has 5 nitrogen and oxygen atoms in total. The number of carbonyl (C=O) groups excluding carboxylic acids is 1. The first-order valence-corrected chi connectivity index (χ1v) is 12.8. The molecule has 0 bridgehead atoms. The molecule has 0 spiro atoms. The second kappa shape index (κ2) is 10.1. The number of phenols is 2. The van der Waals surface area contributed by atoms with E-state index in [1.54, 1.807) is 50.6 Å². The Morgan fingerprint density at radius 3 is 1.38 bits per heavy atom. The van der Waals surface area contributed by atoms with Gasteiger partial charge in [-0.3, -0.25) is 4.79 Å². The van der Waals surface area contributed by atoms with Crippen LogP contribution in [0.5, 0.6) is 23.0 Å². The monoisotopic (exact) mass is 526 g/mol. The molecule has 0 atom stereocenters. The average Bonchev–Trinajstić information content (AvgIpc) is 3.01. The van der Waals surface area contributed by atoms with Crippen LogP contribution in [-0.2, 0) is 0 Å². The minimum atomic E-state index is -0.268. The highest BCUT2D eigenvalue weighted by molar-refractivity contribution is 6.17. The van der Waals surface area contributed by atoms with Crippen molar-refractivity contribution in [3.63, 3.8) is 0 Å². The fraction of sp³-hybridized carbons (Fsp3) is 0.0571. The van der Waals surface area contributed by atoms with Crippen molar-refractivity contribution in [1.82, 2.24) is 0 Å². The number of benzene rings is 6. The summed E-state index contributed by atoms with van der Waals surface area (Å²) in [4.78, 5) is 14.3. The largest absolute Gasteiger partial charge is 0.507 e. The van der Waals surface area contributed by atoms with Crippen molar-refractivity contribution in [3.05, 3.63) is 120 Å². The van der Waals surface area contributed by atoms with Gasteiger partial charge in [-0.2, -0.15) is 0 Å². The third-order valence-electron chi connectivity index (χ3n) is 7.32. The minimum Gasteiger partial charge on any atom is -0.507 e. The van der Waals surface area contributed by atoms with Crippen molar-refractivity contribution in [2.24, 2.45) is 0 Å². The fourth-order valence-corrected chi connectivity index (χ4v) is 5.23. The van der Waals surface area contributed by atoms with Crippen molar-refractivity contribution in [2.75, 3.05) is 14.2 Å². The minimum absolute atomic E-state index is 0.0857. The molecule has 6 rings (SSSR count). The van der Waals surface area contributed by atoms with Crippen molar-refractivity contribution < 1.29 is 24.5 Å². The molecule has 0 amide bonds. The van der Waals surface area contributed by atoms with E-state index in [0.29, 0.717) is 55.7 Å². The van der Waals surface area contributed by atoms with Crippen LogP contribution in [0.3, 0.4) is 0 Å². The van der Waals surface area contributed by atoms with Gasteiger partial charge in [-0.05, 0) is 59.3 Å². The predicted octanol–water partition coefficient (Wildman–Crippen LogP) is 7.99. The van der Waals surface area contributed by atoms with Crippen molar-refractivity contribution in [1.29, 1.82) is 0 Å². The third kappa shape index (κ3) is 4.18. The number of hydrogen-bond acceptors (Lipinski definition) is 5. The number of carbonyl (C=O) groups is 1. The lowest BCUT2D eigenvalue weighted by Crippen LogP contribution is -2.07. The van der Waals surface area contributed by atoms with Crippen molar-refractivity contribution >= 4 is 27.3 Å². The fourth-order valence-electron chi connectivity index (χ4n) is 5.23. The molecular formula is C35H26O5. The average molecular weight is 527 g/mol. The second-order valence-corrected chi connectivity index (χ2v) is 9.52. The highest BCUT2D eigenvalue weighted by atomic mass is 16.5. The Balaban J connectivity index is 1.57. The summed E-state index contributed by atoms with van der Waals surface area (Å²) >= 11 is 0. The lowest BCUT2D eigenvalue weighted by molar-refractivity contribution is 0.104. The smallest absolute Gasteiger partial charge is 0.194 e. The van der Waals surface area contributed by atoms with Crippen LogP contribution in [0.1, 0.15) is 15.9 Å². The quantitative estimate of drug-likeness (QED) is 0.215. The molecule has 196 valence electrons. The molecule has 0 unspecified atom stereocenters. The predicted molar refractivity (Wildman–Crippen MR) is 159 cm³/mol. The summed E-state index contributed by atoms with van der Waals surface area (Å²) in [7, 11) is 3.12. The number of fused-ring (bicyclic) bond motifs is 2. The van der Waals surface area contributed by atoms with Crippen LogP contribution in [0.2, 0.25) is 0 Å². The van der Waals surface area contributed by atoms with E-state index in [-0.39, 0.29) is 17.3 Å². The molecule has 6 aromatic rings. The molecule has 40 heavy (non-hydrogen) atoms. The Labute approximate surface area is 231 Å². The van der Waals surface area contributed by atoms with Crippen molar-refractivity contribution in [3.8, 4) is 45.3 Å². The van der Waals surface area contributed by atoms with E-state index in [4.69, 9.17) is 9.47 Å². The molecule has 0 saturated heterocycles. The first-order valence-electron chi connectivity index (χ1n) is 12.8. The molecule has 0 fully saturated rings. The highest BCUT2D eigenvalue weighted by Crippen LogP contribution is 2.42. The van der Waals surface area contributed by atoms with E-state index in [2.05, 4.69) is 0 Å². The molecule has 0 heterocycles. The maximum atomic E-state index is 14.3. The molecule has 2 N–H and O–H groups in total. The topological polar surface area (TPSA) is 76.0 Å². The van der Waals surface area contributed by atoms with Gasteiger partial charge in [-0.1, -0.05) is 60.7 Å². The van der Waals surface area contributed by atoms with Gasteiger partial charge in [0.05, 0.1) is 14.2 Å². The van der Waals surface area contributed by atoms with Crippen LogP contribution in [0.15, 0.2) is 109 Å².